The van der Waals surface area contributed by atoms with E-state index in [1.165, 1.54) is 5.46 Å². The van der Waals surface area contributed by atoms with Gasteiger partial charge in [0.1, 0.15) is 13.6 Å². The van der Waals surface area contributed by atoms with E-state index >= 15 is 0 Å². The first-order valence-corrected chi connectivity index (χ1v) is 5.33. The van der Waals surface area contributed by atoms with Crippen LogP contribution in [0.15, 0.2) is 10.5 Å². The molecule has 0 aliphatic heterocycles. The Morgan fingerprint density at radius 1 is 1.50 bits per heavy atom. The first kappa shape index (κ1) is 9.78. The number of hydrogen-bond acceptors (Lipinski definition) is 2. The molecule has 0 N–H and O–H groups in total. The van der Waals surface area contributed by atoms with Gasteiger partial charge in [-0.25, -0.2) is 0 Å². The summed E-state index contributed by atoms with van der Waals surface area (Å²) in [7, 11) is 3.63. The summed E-state index contributed by atoms with van der Waals surface area (Å²) in [5.74, 6) is 0.884. The fourth-order valence-corrected chi connectivity index (χ4v) is 2.68. The van der Waals surface area contributed by atoms with E-state index in [2.05, 4.69) is 15.9 Å². The molecule has 1 aromatic rings. The van der Waals surface area contributed by atoms with Gasteiger partial charge in [0.05, 0.1) is 17.1 Å². The number of benzene rings is 1. The van der Waals surface area contributed by atoms with Gasteiger partial charge in [0.25, 0.3) is 0 Å². The van der Waals surface area contributed by atoms with E-state index in [0.717, 1.165) is 22.0 Å². The highest BCUT2D eigenvalue weighted by Crippen LogP contribution is 2.35. The average Bonchev–Trinajstić information content (AvgIpc) is 2.50. The van der Waals surface area contributed by atoms with Crippen LogP contribution in [0.25, 0.3) is 0 Å². The van der Waals surface area contributed by atoms with Crippen molar-refractivity contribution in [2.45, 2.75) is 12.8 Å². The van der Waals surface area contributed by atoms with E-state index in [4.69, 9.17) is 4.74 Å². The van der Waals surface area contributed by atoms with E-state index in [-0.39, 0.29) is 5.78 Å². The van der Waals surface area contributed by atoms with Crippen LogP contribution in [-0.2, 0) is 6.42 Å². The van der Waals surface area contributed by atoms with E-state index in [1.54, 1.807) is 7.11 Å². The second-order valence-corrected chi connectivity index (χ2v) is 4.34. The lowest BCUT2D eigenvalue weighted by Gasteiger charge is -2.11. The minimum absolute atomic E-state index is 0.196. The number of Topliss-reactive ketones (excluding diaryl/α,β-unsaturated/α-hetero) is 1. The number of carbonyl (C=O) groups is 1. The fourth-order valence-electron chi connectivity index (χ4n) is 1.98. The van der Waals surface area contributed by atoms with Gasteiger partial charge >= 0.3 is 0 Å². The van der Waals surface area contributed by atoms with Crippen molar-refractivity contribution in [1.29, 1.82) is 0 Å². The molecular weight excluding hydrogens is 243 g/mol. The number of halogens is 1. The molecule has 0 spiro atoms. The molecule has 0 bridgehead atoms. The Balaban J connectivity index is 2.74. The smallest absolute Gasteiger partial charge is 0.167 e. The van der Waals surface area contributed by atoms with E-state index in [0.29, 0.717) is 12.2 Å². The molecule has 0 radical (unpaired) electrons. The standard InChI is InChI=1S/C10H10BBrO2/c1-14-10-7(12)4-6(11)5-2-3-8(13)9(5)10/h4H,2-3,11H2,1H3. The van der Waals surface area contributed by atoms with Crippen molar-refractivity contribution in [3.8, 4) is 5.75 Å². The first-order valence-electron chi connectivity index (χ1n) is 4.54. The monoisotopic (exact) mass is 252 g/mol. The summed E-state index contributed by atoms with van der Waals surface area (Å²) < 4.78 is 6.11. The molecule has 14 heavy (non-hydrogen) atoms. The van der Waals surface area contributed by atoms with Gasteiger partial charge in [-0.2, -0.15) is 0 Å². The van der Waals surface area contributed by atoms with Crippen LogP contribution in [-0.4, -0.2) is 20.7 Å². The van der Waals surface area contributed by atoms with Crippen LogP contribution in [0.4, 0.5) is 0 Å². The Labute approximate surface area is 92.2 Å². The van der Waals surface area contributed by atoms with Gasteiger partial charge < -0.3 is 4.74 Å². The van der Waals surface area contributed by atoms with Gasteiger partial charge in [0.15, 0.2) is 5.78 Å². The first-order chi connectivity index (χ1) is 6.65. The molecule has 0 unspecified atom stereocenters. The van der Waals surface area contributed by atoms with Crippen LogP contribution in [0, 0.1) is 0 Å². The molecule has 4 heteroatoms. The van der Waals surface area contributed by atoms with Gasteiger partial charge in [0, 0.05) is 6.42 Å². The van der Waals surface area contributed by atoms with E-state index in [1.807, 2.05) is 13.9 Å². The van der Waals surface area contributed by atoms with E-state index in [9.17, 15) is 4.79 Å². The summed E-state index contributed by atoms with van der Waals surface area (Å²) in [5.41, 5.74) is 3.09. The largest absolute Gasteiger partial charge is 0.495 e. The number of ether oxygens (including phenoxy) is 1. The summed E-state index contributed by atoms with van der Waals surface area (Å²) in [6, 6.07) is 2.01. The fraction of sp³-hybridized carbons (Fsp3) is 0.300. The lowest BCUT2D eigenvalue weighted by Crippen LogP contribution is -2.12. The number of methoxy groups -OCH3 is 1. The second kappa shape index (κ2) is 3.42. The zero-order valence-electron chi connectivity index (χ0n) is 8.19. The predicted octanol–water partition coefficient (Wildman–Crippen LogP) is 0.845. The normalized spacial score (nSPS) is 14.3. The maximum atomic E-state index is 11.6. The second-order valence-electron chi connectivity index (χ2n) is 3.49. The van der Waals surface area contributed by atoms with Crippen LogP contribution in [0.2, 0.25) is 0 Å². The van der Waals surface area contributed by atoms with Gasteiger partial charge in [-0.15, -0.1) is 0 Å². The summed E-state index contributed by atoms with van der Waals surface area (Å²) in [5, 5.41) is 0. The molecule has 0 saturated heterocycles. The Hall–Kier alpha value is -0.765. The maximum Gasteiger partial charge on any atom is 0.167 e. The van der Waals surface area contributed by atoms with Crippen LogP contribution < -0.4 is 10.2 Å². The molecule has 1 aliphatic rings. The van der Waals surface area contributed by atoms with Gasteiger partial charge in [-0.05, 0) is 27.9 Å². The van der Waals surface area contributed by atoms with Crippen molar-refractivity contribution < 1.29 is 9.53 Å². The summed E-state index contributed by atoms with van der Waals surface area (Å²) in [6.45, 7) is 0. The number of fused-ring (bicyclic) bond motifs is 1. The van der Waals surface area contributed by atoms with Crippen molar-refractivity contribution >= 4 is 35.0 Å². The molecule has 2 nitrogen and oxygen atoms in total. The van der Waals surface area contributed by atoms with Crippen LogP contribution in [0.1, 0.15) is 22.3 Å². The van der Waals surface area contributed by atoms with Crippen molar-refractivity contribution in [3.63, 3.8) is 0 Å². The van der Waals surface area contributed by atoms with Crippen molar-refractivity contribution in [2.75, 3.05) is 7.11 Å². The highest BCUT2D eigenvalue weighted by atomic mass is 79.9. The highest BCUT2D eigenvalue weighted by molar-refractivity contribution is 9.10. The Kier molecular flexibility index (Phi) is 2.39. The molecule has 0 amide bonds. The minimum atomic E-state index is 0.196. The number of rotatable bonds is 1. The molecule has 0 fully saturated rings. The Morgan fingerprint density at radius 2 is 2.21 bits per heavy atom. The molecule has 1 aromatic carbocycles. The molecule has 72 valence electrons. The Morgan fingerprint density at radius 3 is 2.86 bits per heavy atom. The predicted molar refractivity (Wildman–Crippen MR) is 61.5 cm³/mol. The molecule has 2 rings (SSSR count). The molecule has 0 saturated carbocycles. The van der Waals surface area contributed by atoms with Gasteiger partial charge in [-0.1, -0.05) is 11.5 Å². The Bertz CT molecular complexity index is 415. The molecule has 1 aliphatic carbocycles. The summed E-state index contributed by atoms with van der Waals surface area (Å²) >= 11 is 3.41. The van der Waals surface area contributed by atoms with Gasteiger partial charge in [-0.3, -0.25) is 4.79 Å². The number of carbonyl (C=O) groups excluding carboxylic acids is 1. The molecule has 0 aromatic heterocycles. The lowest BCUT2D eigenvalue weighted by molar-refractivity contribution is 0.0992. The van der Waals surface area contributed by atoms with Crippen molar-refractivity contribution in [3.05, 3.63) is 21.7 Å². The minimum Gasteiger partial charge on any atom is -0.495 e. The zero-order valence-corrected chi connectivity index (χ0v) is 9.77. The third-order valence-electron chi connectivity index (χ3n) is 2.65. The van der Waals surface area contributed by atoms with Gasteiger partial charge in [0.2, 0.25) is 0 Å². The van der Waals surface area contributed by atoms with E-state index < -0.39 is 0 Å². The summed E-state index contributed by atoms with van der Waals surface area (Å²) in [4.78, 5) is 11.6. The number of ketones is 1. The molecule has 0 heterocycles. The van der Waals surface area contributed by atoms with Crippen molar-refractivity contribution in [1.82, 2.24) is 0 Å². The summed E-state index contributed by atoms with van der Waals surface area (Å²) in [6.07, 6.45) is 1.46. The molecular formula is C10H10BBrO2. The highest BCUT2D eigenvalue weighted by Gasteiger charge is 2.26. The third-order valence-corrected chi connectivity index (χ3v) is 3.24. The maximum absolute atomic E-state index is 11.6. The average molecular weight is 253 g/mol. The SMILES string of the molecule is Bc1cc(Br)c(OC)c2c1CCC2=O. The van der Waals surface area contributed by atoms with Crippen LogP contribution >= 0.6 is 15.9 Å². The van der Waals surface area contributed by atoms with Crippen LogP contribution in [0.3, 0.4) is 0 Å². The third kappa shape index (κ3) is 1.29. The molecule has 0 atom stereocenters. The zero-order chi connectivity index (χ0) is 10.3. The van der Waals surface area contributed by atoms with Crippen LogP contribution in [0.5, 0.6) is 5.75 Å². The lowest BCUT2D eigenvalue weighted by atomic mass is 9.88. The number of hydrogen-bond donors (Lipinski definition) is 0. The van der Waals surface area contributed by atoms with Crippen molar-refractivity contribution in [2.24, 2.45) is 0 Å². The quantitative estimate of drug-likeness (QED) is 0.693. The topological polar surface area (TPSA) is 26.3 Å².